The Bertz CT molecular complexity index is 556. The van der Waals surface area contributed by atoms with Gasteiger partial charge in [0.15, 0.2) is 10.8 Å². The van der Waals surface area contributed by atoms with Gasteiger partial charge in [-0.2, -0.15) is 0 Å². The van der Waals surface area contributed by atoms with Gasteiger partial charge >= 0.3 is 0 Å². The lowest BCUT2D eigenvalue weighted by Crippen LogP contribution is -2.41. The summed E-state index contributed by atoms with van der Waals surface area (Å²) in [7, 11) is 0. The highest BCUT2D eigenvalue weighted by molar-refractivity contribution is 7.99. The summed E-state index contributed by atoms with van der Waals surface area (Å²) in [5.41, 5.74) is 6.15. The lowest BCUT2D eigenvalue weighted by Gasteiger charge is -2.12. The Morgan fingerprint density at radius 2 is 2.37 bits per heavy atom. The number of hydrogen-bond donors (Lipinski definition) is 2. The molecule has 102 valence electrons. The molecule has 0 fully saturated rings. The van der Waals surface area contributed by atoms with Crippen LogP contribution in [0.2, 0.25) is 0 Å². The topological polar surface area (TPSA) is 85.3 Å². The molecule has 0 radical (unpaired) electrons. The van der Waals surface area contributed by atoms with E-state index in [2.05, 4.69) is 15.5 Å². The molecule has 2 heterocycles. The quantitative estimate of drug-likeness (QED) is 0.728. The van der Waals surface area contributed by atoms with Gasteiger partial charge in [0, 0.05) is 11.9 Å². The fourth-order valence-corrected chi connectivity index (χ4v) is 2.71. The zero-order valence-electron chi connectivity index (χ0n) is 10.7. The van der Waals surface area contributed by atoms with Gasteiger partial charge in [0.2, 0.25) is 5.91 Å². The molecule has 0 aliphatic heterocycles. The number of primary amides is 1. The smallest absolute Gasteiger partial charge is 0.234 e. The first-order valence-corrected chi connectivity index (χ1v) is 7.16. The molecule has 6 nitrogen and oxygen atoms in total. The first-order valence-electron chi connectivity index (χ1n) is 6.17. The van der Waals surface area contributed by atoms with Crippen molar-refractivity contribution in [1.82, 2.24) is 19.9 Å². The minimum absolute atomic E-state index is 0.281. The number of amides is 1. The predicted molar refractivity (Wildman–Crippen MR) is 75.0 cm³/mol. The number of likely N-dealkylation sites (N-methyl/N-ethyl adjacent to an activating group) is 1. The molecule has 2 rings (SSSR count). The van der Waals surface area contributed by atoms with Crippen LogP contribution >= 0.6 is 11.8 Å². The highest BCUT2D eigenvalue weighted by atomic mass is 32.2. The molecule has 0 aromatic carbocycles. The van der Waals surface area contributed by atoms with E-state index in [9.17, 15) is 4.79 Å². The molecule has 19 heavy (non-hydrogen) atoms. The lowest BCUT2D eigenvalue weighted by molar-refractivity contribution is -0.120. The summed E-state index contributed by atoms with van der Waals surface area (Å²) in [6.07, 6.45) is 2.60. The SMILES string of the molecule is CCNC(CCSc1nnc2ccccn12)C(N)=O. The van der Waals surface area contributed by atoms with Crippen LogP contribution in [0.5, 0.6) is 0 Å². The van der Waals surface area contributed by atoms with Gasteiger partial charge in [-0.05, 0) is 25.1 Å². The molecule has 2 aromatic rings. The van der Waals surface area contributed by atoms with E-state index < -0.39 is 0 Å². The van der Waals surface area contributed by atoms with Gasteiger partial charge in [-0.15, -0.1) is 10.2 Å². The summed E-state index contributed by atoms with van der Waals surface area (Å²) >= 11 is 1.57. The number of rotatable bonds is 7. The van der Waals surface area contributed by atoms with E-state index in [0.717, 1.165) is 23.1 Å². The third-order valence-corrected chi connectivity index (χ3v) is 3.69. The van der Waals surface area contributed by atoms with Crippen molar-refractivity contribution in [2.24, 2.45) is 5.73 Å². The molecule has 0 saturated heterocycles. The van der Waals surface area contributed by atoms with Gasteiger partial charge in [0.25, 0.3) is 0 Å². The van der Waals surface area contributed by atoms with Crippen LogP contribution in [0.4, 0.5) is 0 Å². The Kier molecular flexibility index (Phi) is 4.75. The Morgan fingerprint density at radius 3 is 3.11 bits per heavy atom. The van der Waals surface area contributed by atoms with E-state index in [0.29, 0.717) is 6.42 Å². The standard InChI is InChI=1S/C12H17N5OS/c1-2-14-9(11(13)18)6-8-19-12-16-15-10-5-3-4-7-17(10)12/h3-5,7,9,14H,2,6,8H2,1H3,(H2,13,18). The summed E-state index contributed by atoms with van der Waals surface area (Å²) in [6, 6.07) is 5.48. The molecule has 7 heteroatoms. The maximum atomic E-state index is 11.2. The van der Waals surface area contributed by atoms with E-state index in [1.165, 1.54) is 0 Å². The van der Waals surface area contributed by atoms with E-state index in [1.54, 1.807) is 11.8 Å². The average Bonchev–Trinajstić information content (AvgIpc) is 2.81. The monoisotopic (exact) mass is 279 g/mol. The molecule has 0 saturated carbocycles. The van der Waals surface area contributed by atoms with Crippen LogP contribution in [0.15, 0.2) is 29.6 Å². The maximum absolute atomic E-state index is 11.2. The van der Waals surface area contributed by atoms with E-state index in [1.807, 2.05) is 35.7 Å². The average molecular weight is 279 g/mol. The number of hydrogen-bond acceptors (Lipinski definition) is 5. The molecule has 1 unspecified atom stereocenters. The van der Waals surface area contributed by atoms with Crippen molar-refractivity contribution in [2.45, 2.75) is 24.5 Å². The van der Waals surface area contributed by atoms with Crippen LogP contribution in [-0.4, -0.2) is 38.8 Å². The van der Waals surface area contributed by atoms with Crippen molar-refractivity contribution in [3.8, 4) is 0 Å². The number of nitrogens with zero attached hydrogens (tertiary/aromatic N) is 3. The molecular formula is C12H17N5OS. The molecule has 1 atom stereocenters. The van der Waals surface area contributed by atoms with Crippen molar-refractivity contribution in [3.05, 3.63) is 24.4 Å². The van der Waals surface area contributed by atoms with E-state index in [-0.39, 0.29) is 11.9 Å². The summed E-state index contributed by atoms with van der Waals surface area (Å²) < 4.78 is 1.93. The van der Waals surface area contributed by atoms with Crippen LogP contribution in [0.25, 0.3) is 5.65 Å². The summed E-state index contributed by atoms with van der Waals surface area (Å²) in [5, 5.41) is 12.1. The van der Waals surface area contributed by atoms with Crippen molar-refractivity contribution in [2.75, 3.05) is 12.3 Å². The molecule has 0 aliphatic rings. The van der Waals surface area contributed by atoms with Gasteiger partial charge in [-0.3, -0.25) is 9.20 Å². The van der Waals surface area contributed by atoms with Crippen LogP contribution in [0.1, 0.15) is 13.3 Å². The Hall–Kier alpha value is -1.60. The number of carbonyl (C=O) groups is 1. The Labute approximate surface area is 115 Å². The number of pyridine rings is 1. The van der Waals surface area contributed by atoms with Gasteiger partial charge in [0.05, 0.1) is 6.04 Å². The van der Waals surface area contributed by atoms with Gasteiger partial charge in [-0.1, -0.05) is 24.8 Å². The summed E-state index contributed by atoms with van der Waals surface area (Å²) in [6.45, 7) is 2.68. The highest BCUT2D eigenvalue weighted by Crippen LogP contribution is 2.17. The molecule has 3 N–H and O–H groups in total. The minimum atomic E-state index is -0.312. The number of thioether (sulfide) groups is 1. The largest absolute Gasteiger partial charge is 0.368 e. The van der Waals surface area contributed by atoms with Crippen molar-refractivity contribution < 1.29 is 4.79 Å². The predicted octanol–water partition coefficient (Wildman–Crippen LogP) is 0.675. The second kappa shape index (κ2) is 6.53. The fraction of sp³-hybridized carbons (Fsp3) is 0.417. The second-order valence-corrected chi connectivity index (χ2v) is 5.12. The Balaban J connectivity index is 1.93. The molecule has 0 bridgehead atoms. The summed E-state index contributed by atoms with van der Waals surface area (Å²) in [4.78, 5) is 11.2. The van der Waals surface area contributed by atoms with Gasteiger partial charge in [-0.25, -0.2) is 0 Å². The fourth-order valence-electron chi connectivity index (χ4n) is 1.78. The minimum Gasteiger partial charge on any atom is -0.368 e. The van der Waals surface area contributed by atoms with Crippen LogP contribution in [-0.2, 0) is 4.79 Å². The third-order valence-electron chi connectivity index (χ3n) is 2.71. The number of fused-ring (bicyclic) bond motifs is 1. The number of nitrogens with one attached hydrogen (secondary N) is 1. The third kappa shape index (κ3) is 3.45. The van der Waals surface area contributed by atoms with Crippen molar-refractivity contribution in [3.63, 3.8) is 0 Å². The van der Waals surface area contributed by atoms with Crippen molar-refractivity contribution >= 4 is 23.3 Å². The molecular weight excluding hydrogens is 262 g/mol. The highest BCUT2D eigenvalue weighted by Gasteiger charge is 2.14. The number of carbonyl (C=O) groups excluding carboxylic acids is 1. The van der Waals surface area contributed by atoms with E-state index in [4.69, 9.17) is 5.73 Å². The zero-order valence-corrected chi connectivity index (χ0v) is 11.6. The van der Waals surface area contributed by atoms with Crippen molar-refractivity contribution in [1.29, 1.82) is 0 Å². The second-order valence-electron chi connectivity index (χ2n) is 4.06. The van der Waals surface area contributed by atoms with Crippen LogP contribution in [0, 0.1) is 0 Å². The van der Waals surface area contributed by atoms with Gasteiger partial charge < -0.3 is 11.1 Å². The molecule has 2 aromatic heterocycles. The molecule has 0 aliphatic carbocycles. The first-order chi connectivity index (χ1) is 9.22. The Morgan fingerprint density at radius 1 is 1.53 bits per heavy atom. The zero-order chi connectivity index (χ0) is 13.7. The van der Waals surface area contributed by atoms with Gasteiger partial charge in [0.1, 0.15) is 0 Å². The molecule has 0 spiro atoms. The lowest BCUT2D eigenvalue weighted by atomic mass is 10.2. The number of nitrogens with two attached hydrogens (primary N) is 1. The summed E-state index contributed by atoms with van der Waals surface area (Å²) in [5.74, 6) is 0.449. The van der Waals surface area contributed by atoms with Crippen LogP contribution < -0.4 is 11.1 Å². The first kappa shape index (κ1) is 13.8. The normalized spacial score (nSPS) is 12.7. The van der Waals surface area contributed by atoms with Crippen LogP contribution in [0.3, 0.4) is 0 Å². The van der Waals surface area contributed by atoms with E-state index >= 15 is 0 Å². The molecule has 1 amide bonds. The number of aromatic nitrogens is 3. The maximum Gasteiger partial charge on any atom is 0.234 e.